The van der Waals surface area contributed by atoms with E-state index in [1.165, 1.54) is 6.33 Å². The fourth-order valence-electron chi connectivity index (χ4n) is 2.44. The Hall–Kier alpha value is -3.15. The summed E-state index contributed by atoms with van der Waals surface area (Å²) < 4.78 is 0. The van der Waals surface area contributed by atoms with Gasteiger partial charge in [0.2, 0.25) is 5.91 Å². The highest BCUT2D eigenvalue weighted by Gasteiger charge is 2.07. The number of benzene rings is 2. The van der Waals surface area contributed by atoms with Gasteiger partial charge in [-0.2, -0.15) is 0 Å². The summed E-state index contributed by atoms with van der Waals surface area (Å²) in [6.45, 7) is 2.30. The van der Waals surface area contributed by atoms with Crippen LogP contribution in [0.1, 0.15) is 12.0 Å². The third-order valence-electron chi connectivity index (χ3n) is 3.67. The third kappa shape index (κ3) is 3.60. The van der Waals surface area contributed by atoms with Gasteiger partial charge in [0.15, 0.2) is 0 Å². The number of anilines is 2. The molecule has 6 nitrogen and oxygen atoms in total. The van der Waals surface area contributed by atoms with Crippen molar-refractivity contribution >= 4 is 28.3 Å². The molecule has 0 aliphatic rings. The number of rotatable bonds is 5. The number of phenolic OH excluding ortho intramolecular Hbond substituents is 1. The van der Waals surface area contributed by atoms with Crippen molar-refractivity contribution in [1.82, 2.24) is 9.97 Å². The van der Waals surface area contributed by atoms with E-state index in [0.717, 1.165) is 16.5 Å². The molecular weight excluding hydrogens is 304 g/mol. The van der Waals surface area contributed by atoms with Crippen molar-refractivity contribution in [3.8, 4) is 5.75 Å². The smallest absolute Gasteiger partial charge is 0.226 e. The fourth-order valence-corrected chi connectivity index (χ4v) is 2.44. The summed E-state index contributed by atoms with van der Waals surface area (Å²) >= 11 is 0. The lowest BCUT2D eigenvalue weighted by Crippen LogP contribution is -2.17. The normalized spacial score (nSPS) is 10.5. The summed E-state index contributed by atoms with van der Waals surface area (Å²) in [4.78, 5) is 20.5. The van der Waals surface area contributed by atoms with Crippen LogP contribution >= 0.6 is 0 Å². The molecule has 0 aliphatic heterocycles. The molecule has 122 valence electrons. The van der Waals surface area contributed by atoms with E-state index in [-0.39, 0.29) is 11.7 Å². The van der Waals surface area contributed by atoms with Crippen molar-refractivity contribution in [2.75, 3.05) is 17.2 Å². The second-order valence-electron chi connectivity index (χ2n) is 5.46. The number of aromatic hydroxyl groups is 1. The second kappa shape index (κ2) is 6.95. The number of nitrogens with zero attached hydrogens (tertiary/aromatic N) is 2. The summed E-state index contributed by atoms with van der Waals surface area (Å²) in [5.41, 5.74) is 2.38. The van der Waals surface area contributed by atoms with Crippen LogP contribution in [-0.4, -0.2) is 27.5 Å². The number of para-hydroxylation sites is 1. The van der Waals surface area contributed by atoms with Crippen LogP contribution in [0.15, 0.2) is 48.8 Å². The van der Waals surface area contributed by atoms with Crippen molar-refractivity contribution in [2.24, 2.45) is 0 Å². The van der Waals surface area contributed by atoms with Crippen molar-refractivity contribution in [3.63, 3.8) is 0 Å². The Bertz CT molecular complexity index is 875. The summed E-state index contributed by atoms with van der Waals surface area (Å²) in [5, 5.41) is 16.3. The Morgan fingerprint density at radius 1 is 1.17 bits per heavy atom. The minimum absolute atomic E-state index is 0.102. The highest BCUT2D eigenvalue weighted by Crippen LogP contribution is 2.20. The first kappa shape index (κ1) is 15.7. The Morgan fingerprint density at radius 2 is 2.00 bits per heavy atom. The number of phenols is 1. The molecule has 3 aromatic rings. The van der Waals surface area contributed by atoms with Crippen LogP contribution in [0.2, 0.25) is 0 Å². The van der Waals surface area contributed by atoms with Gasteiger partial charge in [-0.05, 0) is 42.8 Å². The molecule has 3 N–H and O–H groups in total. The average molecular weight is 322 g/mol. The Labute approximate surface area is 139 Å². The number of amides is 1. The standard InChI is InChI=1S/C18H18N4O2/c1-12-10-13(23)6-7-15(12)22-17(24)8-9-19-18-14-4-2-3-5-16(14)20-11-21-18/h2-7,10-11,23H,8-9H2,1H3,(H,22,24)(H,19,20,21). The van der Waals surface area contributed by atoms with Crippen molar-refractivity contribution < 1.29 is 9.90 Å². The molecule has 0 saturated heterocycles. The molecule has 24 heavy (non-hydrogen) atoms. The van der Waals surface area contributed by atoms with E-state index in [4.69, 9.17) is 0 Å². The topological polar surface area (TPSA) is 87.1 Å². The van der Waals surface area contributed by atoms with E-state index >= 15 is 0 Å². The van der Waals surface area contributed by atoms with E-state index in [0.29, 0.717) is 24.5 Å². The van der Waals surface area contributed by atoms with Crippen molar-refractivity contribution in [3.05, 3.63) is 54.4 Å². The second-order valence-corrected chi connectivity index (χ2v) is 5.46. The SMILES string of the molecule is Cc1cc(O)ccc1NC(=O)CCNc1ncnc2ccccc12. The first-order chi connectivity index (χ1) is 11.6. The first-order valence-corrected chi connectivity index (χ1v) is 7.66. The highest BCUT2D eigenvalue weighted by molar-refractivity contribution is 5.92. The molecule has 0 spiro atoms. The van der Waals surface area contributed by atoms with Gasteiger partial charge in [0.1, 0.15) is 17.9 Å². The number of aromatic nitrogens is 2. The molecule has 0 unspecified atom stereocenters. The molecule has 0 atom stereocenters. The zero-order valence-electron chi connectivity index (χ0n) is 13.3. The minimum atomic E-state index is -0.102. The van der Waals surface area contributed by atoms with Crippen LogP contribution in [0.3, 0.4) is 0 Å². The molecule has 1 aromatic heterocycles. The predicted molar refractivity (Wildman–Crippen MR) is 94.1 cm³/mol. The molecule has 3 rings (SSSR count). The van der Waals surface area contributed by atoms with Gasteiger partial charge in [-0.1, -0.05) is 12.1 Å². The lowest BCUT2D eigenvalue weighted by atomic mass is 10.2. The lowest BCUT2D eigenvalue weighted by Gasteiger charge is -2.10. The van der Waals surface area contributed by atoms with E-state index in [1.54, 1.807) is 18.2 Å². The Kier molecular flexibility index (Phi) is 4.56. The van der Waals surface area contributed by atoms with E-state index in [2.05, 4.69) is 20.6 Å². The molecular formula is C18H18N4O2. The largest absolute Gasteiger partial charge is 0.508 e. The summed E-state index contributed by atoms with van der Waals surface area (Å²) in [6, 6.07) is 12.6. The zero-order valence-corrected chi connectivity index (χ0v) is 13.3. The molecule has 0 bridgehead atoms. The summed E-state index contributed by atoms with van der Waals surface area (Å²) in [6.07, 6.45) is 1.81. The fraction of sp³-hybridized carbons (Fsp3) is 0.167. The van der Waals surface area contributed by atoms with Gasteiger partial charge in [-0.3, -0.25) is 4.79 Å². The average Bonchev–Trinajstić information content (AvgIpc) is 2.58. The van der Waals surface area contributed by atoms with Gasteiger partial charge in [-0.25, -0.2) is 9.97 Å². The predicted octanol–water partition coefficient (Wildman–Crippen LogP) is 3.08. The molecule has 0 fully saturated rings. The van der Waals surface area contributed by atoms with Crippen LogP contribution in [-0.2, 0) is 4.79 Å². The maximum absolute atomic E-state index is 12.1. The van der Waals surface area contributed by atoms with Crippen LogP contribution < -0.4 is 10.6 Å². The van der Waals surface area contributed by atoms with E-state index in [1.807, 2.05) is 31.2 Å². The van der Waals surface area contributed by atoms with Crippen LogP contribution in [0, 0.1) is 6.92 Å². The van der Waals surface area contributed by atoms with E-state index in [9.17, 15) is 9.90 Å². The number of hydrogen-bond acceptors (Lipinski definition) is 5. The highest BCUT2D eigenvalue weighted by atomic mass is 16.3. The van der Waals surface area contributed by atoms with Crippen LogP contribution in [0.5, 0.6) is 5.75 Å². The maximum Gasteiger partial charge on any atom is 0.226 e. The monoisotopic (exact) mass is 322 g/mol. The summed E-state index contributed by atoms with van der Waals surface area (Å²) in [7, 11) is 0. The Balaban J connectivity index is 1.58. The lowest BCUT2D eigenvalue weighted by molar-refractivity contribution is -0.115. The Morgan fingerprint density at radius 3 is 2.83 bits per heavy atom. The number of carbonyl (C=O) groups excluding carboxylic acids is 1. The number of aryl methyl sites for hydroxylation is 1. The zero-order chi connectivity index (χ0) is 16.9. The van der Waals surface area contributed by atoms with Crippen molar-refractivity contribution in [2.45, 2.75) is 13.3 Å². The number of fused-ring (bicyclic) bond motifs is 1. The van der Waals surface area contributed by atoms with Crippen LogP contribution in [0.25, 0.3) is 10.9 Å². The van der Waals surface area contributed by atoms with Gasteiger partial charge >= 0.3 is 0 Å². The minimum Gasteiger partial charge on any atom is -0.508 e. The van der Waals surface area contributed by atoms with Crippen LogP contribution in [0.4, 0.5) is 11.5 Å². The van der Waals surface area contributed by atoms with Gasteiger partial charge in [0.05, 0.1) is 5.52 Å². The van der Waals surface area contributed by atoms with Gasteiger partial charge in [-0.15, -0.1) is 0 Å². The van der Waals surface area contributed by atoms with Gasteiger partial charge < -0.3 is 15.7 Å². The number of hydrogen-bond donors (Lipinski definition) is 3. The summed E-state index contributed by atoms with van der Waals surface area (Å²) in [5.74, 6) is 0.798. The molecule has 0 aliphatic carbocycles. The molecule has 1 amide bonds. The molecule has 0 radical (unpaired) electrons. The van der Waals surface area contributed by atoms with E-state index < -0.39 is 0 Å². The van der Waals surface area contributed by atoms with Gasteiger partial charge in [0, 0.05) is 24.0 Å². The molecule has 2 aromatic carbocycles. The maximum atomic E-state index is 12.1. The first-order valence-electron chi connectivity index (χ1n) is 7.66. The molecule has 1 heterocycles. The third-order valence-corrected chi connectivity index (χ3v) is 3.67. The molecule has 6 heteroatoms. The number of nitrogens with one attached hydrogen (secondary N) is 2. The quantitative estimate of drug-likeness (QED) is 0.628. The van der Waals surface area contributed by atoms with Crippen molar-refractivity contribution in [1.29, 1.82) is 0 Å². The van der Waals surface area contributed by atoms with Gasteiger partial charge in [0.25, 0.3) is 0 Å². The number of carbonyl (C=O) groups is 1. The molecule has 0 saturated carbocycles.